The van der Waals surface area contributed by atoms with E-state index in [0.29, 0.717) is 48.3 Å². The third-order valence-electron chi connectivity index (χ3n) is 5.64. The van der Waals surface area contributed by atoms with E-state index in [1.54, 1.807) is 13.8 Å². The summed E-state index contributed by atoms with van der Waals surface area (Å²) in [6, 6.07) is 15.6. The van der Waals surface area contributed by atoms with E-state index in [2.05, 4.69) is 29.9 Å². The first-order chi connectivity index (χ1) is 19.9. The number of nitrogens with zero attached hydrogens (tertiary/aromatic N) is 6. The number of hydrogen-bond acceptors (Lipinski definition) is 12. The van der Waals surface area contributed by atoms with Crippen LogP contribution in [-0.4, -0.2) is 44.9 Å². The molecule has 0 saturated carbocycles. The Morgan fingerprint density at radius 3 is 1.59 bits per heavy atom. The lowest BCUT2D eigenvalue weighted by molar-refractivity contribution is -0.360. The molecule has 4 heterocycles. The molecule has 41 heavy (non-hydrogen) atoms. The van der Waals surface area contributed by atoms with Crippen molar-refractivity contribution in [3.63, 3.8) is 0 Å². The highest BCUT2D eigenvalue weighted by Crippen LogP contribution is 2.35. The molecule has 4 aromatic rings. The molecule has 0 unspecified atom stereocenters. The molecule has 2 aromatic heterocycles. The van der Waals surface area contributed by atoms with Gasteiger partial charge in [-0.2, -0.15) is 9.98 Å². The normalized spacial score (nSPS) is 19.8. The van der Waals surface area contributed by atoms with E-state index in [9.17, 15) is 10.2 Å². The van der Waals surface area contributed by atoms with Crippen LogP contribution in [0.2, 0.25) is 0 Å². The van der Waals surface area contributed by atoms with Crippen LogP contribution in [0.4, 0.5) is 10.3 Å². The van der Waals surface area contributed by atoms with E-state index in [1.165, 1.54) is 22.7 Å². The minimum Gasteiger partial charge on any atom is -0.612 e. The van der Waals surface area contributed by atoms with Gasteiger partial charge >= 0.3 is 0 Å². The van der Waals surface area contributed by atoms with Crippen molar-refractivity contribution in [2.45, 2.75) is 20.3 Å². The number of para-hydroxylation sites is 2. The van der Waals surface area contributed by atoms with Gasteiger partial charge in [-0.05, 0) is 81.3 Å². The summed E-state index contributed by atoms with van der Waals surface area (Å²) in [7, 11) is 0. The number of amidine groups is 2. The molecule has 0 amide bonds. The summed E-state index contributed by atoms with van der Waals surface area (Å²) in [4.78, 5) is 27.4. The Morgan fingerprint density at radius 1 is 0.707 bits per heavy atom. The Bertz CT molecular complexity index is 1640. The molecule has 0 aliphatic carbocycles. The van der Waals surface area contributed by atoms with Gasteiger partial charge < -0.3 is 19.7 Å². The Kier molecular flexibility index (Phi) is 8.05. The molecule has 0 atom stereocenters. The zero-order valence-corrected chi connectivity index (χ0v) is 25.0. The molecule has 0 fully saturated rings. The average Bonchev–Trinajstić information content (AvgIpc) is 3.73. The SMILES string of the molecule is CC1=NC(=Nc2nc3ccccc3s2)SC1=C([O-])OCCCOC([O-])=C1SC(=Nc2nc3ccccc3s2)N=C1C. The topological polar surface area (TPSA) is 140 Å². The smallest absolute Gasteiger partial charge is 0.212 e. The zero-order valence-electron chi connectivity index (χ0n) is 21.7. The van der Waals surface area contributed by atoms with Gasteiger partial charge in [0.15, 0.2) is 10.3 Å². The molecular formula is C27H20N6O4S4-2. The van der Waals surface area contributed by atoms with Crippen LogP contribution in [0.1, 0.15) is 20.3 Å². The molecule has 0 bridgehead atoms. The Balaban J connectivity index is 0.998. The monoisotopic (exact) mass is 620 g/mol. The van der Waals surface area contributed by atoms with Crippen LogP contribution in [0.5, 0.6) is 0 Å². The Labute approximate surface area is 251 Å². The van der Waals surface area contributed by atoms with Crippen LogP contribution < -0.4 is 10.2 Å². The number of aliphatic imine (C=N–C) groups is 4. The molecule has 2 aliphatic heterocycles. The van der Waals surface area contributed by atoms with Crippen LogP contribution in [0.15, 0.2) is 90.2 Å². The second-order valence-electron chi connectivity index (χ2n) is 8.60. The van der Waals surface area contributed by atoms with E-state index in [4.69, 9.17) is 9.47 Å². The molecule has 6 rings (SSSR count). The first-order valence-electron chi connectivity index (χ1n) is 12.4. The molecule has 208 valence electrons. The molecule has 10 nitrogen and oxygen atoms in total. The predicted molar refractivity (Wildman–Crippen MR) is 165 cm³/mol. The number of aromatic nitrogens is 2. The van der Waals surface area contributed by atoms with Gasteiger partial charge in [0, 0.05) is 0 Å². The molecule has 14 heteroatoms. The summed E-state index contributed by atoms with van der Waals surface area (Å²) in [6.45, 7) is 3.66. The predicted octanol–water partition coefficient (Wildman–Crippen LogP) is 5.48. The van der Waals surface area contributed by atoms with Gasteiger partial charge in [0.2, 0.25) is 10.3 Å². The van der Waals surface area contributed by atoms with Gasteiger partial charge in [-0.25, -0.2) is 20.0 Å². The third-order valence-corrected chi connectivity index (χ3v) is 9.57. The van der Waals surface area contributed by atoms with Gasteiger partial charge in [-0.15, -0.1) is 0 Å². The van der Waals surface area contributed by atoms with Crippen LogP contribution in [0, 0.1) is 0 Å². The van der Waals surface area contributed by atoms with E-state index >= 15 is 0 Å². The molecule has 2 aliphatic rings. The highest BCUT2D eigenvalue weighted by Gasteiger charge is 2.20. The van der Waals surface area contributed by atoms with E-state index in [1.807, 2.05) is 48.5 Å². The first kappa shape index (κ1) is 27.4. The van der Waals surface area contributed by atoms with Crippen molar-refractivity contribution < 1.29 is 19.7 Å². The number of rotatable bonds is 8. The number of ether oxygens (including phenoxy) is 2. The van der Waals surface area contributed by atoms with Crippen LogP contribution >= 0.6 is 46.2 Å². The average molecular weight is 621 g/mol. The summed E-state index contributed by atoms with van der Waals surface area (Å²) in [5.41, 5.74) is 2.82. The summed E-state index contributed by atoms with van der Waals surface area (Å²) < 4.78 is 12.8. The fraction of sp³-hybridized carbons (Fsp3) is 0.185. The molecule has 0 radical (unpaired) electrons. The molecule has 2 aromatic carbocycles. The largest absolute Gasteiger partial charge is 0.612 e. The maximum absolute atomic E-state index is 12.6. The molecule has 0 saturated heterocycles. The highest BCUT2D eigenvalue weighted by molar-refractivity contribution is 8.18. The maximum atomic E-state index is 12.6. The third kappa shape index (κ3) is 6.30. The Morgan fingerprint density at radius 2 is 1.15 bits per heavy atom. The zero-order chi connectivity index (χ0) is 28.3. The highest BCUT2D eigenvalue weighted by atomic mass is 32.2. The first-order valence-corrected chi connectivity index (χ1v) is 15.6. The van der Waals surface area contributed by atoms with Crippen molar-refractivity contribution in [1.82, 2.24) is 9.97 Å². The lowest BCUT2D eigenvalue weighted by Gasteiger charge is -2.21. The number of thioether (sulfide) groups is 2. The van der Waals surface area contributed by atoms with Crippen LogP contribution in [0.25, 0.3) is 20.4 Å². The van der Waals surface area contributed by atoms with Crippen LogP contribution in [-0.2, 0) is 9.47 Å². The van der Waals surface area contributed by atoms with Gasteiger partial charge in [0.25, 0.3) is 0 Å². The van der Waals surface area contributed by atoms with Gasteiger partial charge in [-0.1, -0.05) is 46.9 Å². The summed E-state index contributed by atoms with van der Waals surface area (Å²) in [5, 5.41) is 27.3. The molecular weight excluding hydrogens is 601 g/mol. The quantitative estimate of drug-likeness (QED) is 0.186. The van der Waals surface area contributed by atoms with Crippen molar-refractivity contribution in [2.24, 2.45) is 20.0 Å². The van der Waals surface area contributed by atoms with Gasteiger partial charge in [0.1, 0.15) is 0 Å². The minimum absolute atomic E-state index is 0.0909. The second-order valence-corrected chi connectivity index (χ2v) is 12.6. The van der Waals surface area contributed by atoms with E-state index < -0.39 is 11.9 Å². The fourth-order valence-corrected chi connectivity index (χ4v) is 7.19. The van der Waals surface area contributed by atoms with E-state index in [-0.39, 0.29) is 13.2 Å². The Hall–Kier alpha value is -3.72. The van der Waals surface area contributed by atoms with Crippen molar-refractivity contribution in [3.8, 4) is 0 Å². The molecule has 0 N–H and O–H groups in total. The van der Waals surface area contributed by atoms with Crippen molar-refractivity contribution in [2.75, 3.05) is 13.2 Å². The summed E-state index contributed by atoms with van der Waals surface area (Å²) >= 11 is 5.23. The number of fused-ring (bicyclic) bond motifs is 2. The lowest BCUT2D eigenvalue weighted by Crippen LogP contribution is -2.16. The fourth-order valence-electron chi connectivity index (χ4n) is 3.74. The van der Waals surface area contributed by atoms with E-state index in [0.717, 1.165) is 44.0 Å². The number of hydrogen-bond donors (Lipinski definition) is 0. The second kappa shape index (κ2) is 12.0. The number of benzene rings is 2. The van der Waals surface area contributed by atoms with Crippen molar-refractivity contribution in [3.05, 3.63) is 70.2 Å². The number of thiazole rings is 2. The van der Waals surface area contributed by atoms with Crippen molar-refractivity contribution in [1.29, 1.82) is 0 Å². The maximum Gasteiger partial charge on any atom is 0.212 e. The van der Waals surface area contributed by atoms with Crippen LogP contribution in [0.3, 0.4) is 0 Å². The van der Waals surface area contributed by atoms with Gasteiger partial charge in [-0.3, -0.25) is 0 Å². The van der Waals surface area contributed by atoms with Crippen molar-refractivity contribution >= 4 is 98.7 Å². The summed E-state index contributed by atoms with van der Waals surface area (Å²) in [6.07, 6.45) is 0.346. The van der Waals surface area contributed by atoms with Gasteiger partial charge in [0.05, 0.1) is 53.6 Å². The summed E-state index contributed by atoms with van der Waals surface area (Å²) in [5.74, 6) is -0.979. The standard InChI is InChI=1S/C27H22N6O4S4/c1-14-20(40-24(28-14)32-26-30-16-8-3-5-10-18(16)38-26)22(34)36-12-7-13-37-23(35)21-15(2)29-25(41-21)33-27-31-17-9-4-6-11-19(17)39-27/h3-6,8-11,34-35H,7,12-13H2,1-2H3/p-2. The molecule has 0 spiro atoms. The number of allylic oxidation sites excluding steroid dienone is 2. The minimum atomic E-state index is -0.489. The lowest BCUT2D eigenvalue weighted by atomic mass is 10.3.